The second kappa shape index (κ2) is 10.3. The van der Waals surface area contributed by atoms with Gasteiger partial charge in [0, 0.05) is 0 Å². The third-order valence-electron chi connectivity index (χ3n) is 0.718. The molecule has 0 nitrogen and oxygen atoms in total. The van der Waals surface area contributed by atoms with Crippen LogP contribution in [0.4, 0.5) is 0 Å². The first-order chi connectivity index (χ1) is 3.77. The predicted molar refractivity (Wildman–Crippen MR) is 47.3 cm³/mol. The second-order valence-electron chi connectivity index (χ2n) is 1.45. The molecule has 0 aromatic heterocycles. The van der Waals surface area contributed by atoms with E-state index < -0.39 is 0 Å². The minimum atomic E-state index is 0. The molecule has 0 aliphatic rings. The fourth-order valence-electron chi connectivity index (χ4n) is 0.300. The van der Waals surface area contributed by atoms with E-state index in [-0.39, 0.29) is 51.4 Å². The van der Waals surface area contributed by atoms with Crippen molar-refractivity contribution in [3.05, 3.63) is 0 Å². The summed E-state index contributed by atoms with van der Waals surface area (Å²) in [5.41, 5.74) is 0. The Morgan fingerprint density at radius 2 is 2.22 bits per heavy atom. The fourth-order valence-corrected chi connectivity index (χ4v) is 1.40. The number of hydrogen-bond donors (Lipinski definition) is 0. The molecule has 0 heterocycles. The number of unbranched alkanes of at least 4 members (excludes halogenated alkanes) is 1. The van der Waals surface area contributed by atoms with Crippen LogP contribution in [0, 0.1) is 0 Å². The van der Waals surface area contributed by atoms with Crippen molar-refractivity contribution in [2.24, 2.45) is 0 Å². The molecular weight excluding hydrogens is 195 g/mol. The van der Waals surface area contributed by atoms with Crippen LogP contribution in [0.25, 0.3) is 0 Å². The van der Waals surface area contributed by atoms with Gasteiger partial charge in [0.05, 0.1) is 0 Å². The van der Waals surface area contributed by atoms with Crippen molar-refractivity contribution in [3.8, 4) is 0 Å². The van der Waals surface area contributed by atoms with Crippen molar-refractivity contribution < 1.29 is 51.4 Å². The van der Waals surface area contributed by atoms with Gasteiger partial charge in [0.15, 0.2) is 0 Å². The molecule has 0 spiro atoms. The summed E-state index contributed by atoms with van der Waals surface area (Å²) in [6, 6.07) is 0. The number of thiocarbonyl (C=S) groups is 1. The number of thioether (sulfide) groups is 1. The van der Waals surface area contributed by atoms with Crippen LogP contribution in [0.1, 0.15) is 19.8 Å². The molecular formula is C5H9KS3. The van der Waals surface area contributed by atoms with Crippen molar-refractivity contribution >= 4 is 40.1 Å². The molecule has 0 bridgehead atoms. The molecule has 0 atom stereocenters. The Bertz CT molecular complexity index is 74.6. The average molecular weight is 204 g/mol. The van der Waals surface area contributed by atoms with E-state index >= 15 is 0 Å². The zero-order valence-electron chi connectivity index (χ0n) is 5.85. The molecule has 0 rings (SSSR count). The van der Waals surface area contributed by atoms with E-state index in [1.807, 2.05) is 0 Å². The van der Waals surface area contributed by atoms with Crippen molar-refractivity contribution in [1.82, 2.24) is 0 Å². The number of rotatable bonds is 3. The molecule has 0 aliphatic carbocycles. The maximum absolute atomic E-state index is 4.69. The van der Waals surface area contributed by atoms with Crippen molar-refractivity contribution in [2.75, 3.05) is 5.75 Å². The topological polar surface area (TPSA) is 0 Å². The third kappa shape index (κ3) is 13.3. The molecule has 4 heteroatoms. The molecule has 0 saturated heterocycles. The normalized spacial score (nSPS) is 8.11. The van der Waals surface area contributed by atoms with E-state index in [0.29, 0.717) is 3.53 Å². The molecule has 0 aliphatic heterocycles. The van der Waals surface area contributed by atoms with E-state index in [1.165, 1.54) is 12.8 Å². The Balaban J connectivity index is 0. The van der Waals surface area contributed by atoms with Crippen molar-refractivity contribution in [2.45, 2.75) is 19.8 Å². The van der Waals surface area contributed by atoms with Crippen LogP contribution < -0.4 is 51.4 Å². The van der Waals surface area contributed by atoms with Crippen molar-refractivity contribution in [3.63, 3.8) is 0 Å². The van der Waals surface area contributed by atoms with Gasteiger partial charge in [-0.05, 0) is 12.2 Å². The van der Waals surface area contributed by atoms with Gasteiger partial charge in [-0.2, -0.15) is 0 Å². The Morgan fingerprint density at radius 1 is 1.67 bits per heavy atom. The summed E-state index contributed by atoms with van der Waals surface area (Å²) in [4.78, 5) is 0. The monoisotopic (exact) mass is 204 g/mol. The van der Waals surface area contributed by atoms with Crippen LogP contribution in [0.5, 0.6) is 0 Å². The Hall–Kier alpha value is 2.30. The summed E-state index contributed by atoms with van der Waals surface area (Å²) in [6.07, 6.45) is 2.45. The molecule has 0 aromatic carbocycles. The first kappa shape index (κ1) is 13.9. The van der Waals surface area contributed by atoms with Gasteiger partial charge >= 0.3 is 51.4 Å². The zero-order valence-corrected chi connectivity index (χ0v) is 11.4. The molecule has 0 saturated carbocycles. The Morgan fingerprint density at radius 3 is 2.56 bits per heavy atom. The van der Waals surface area contributed by atoms with Crippen LogP contribution in [0.15, 0.2) is 0 Å². The molecule has 48 valence electrons. The van der Waals surface area contributed by atoms with Crippen LogP contribution >= 0.6 is 24.0 Å². The molecule has 0 unspecified atom stereocenters. The van der Waals surface area contributed by atoms with Crippen LogP contribution in [0.2, 0.25) is 0 Å². The summed E-state index contributed by atoms with van der Waals surface area (Å²) >= 11 is 11.0. The first-order valence-corrected chi connectivity index (χ1v) is 4.41. The van der Waals surface area contributed by atoms with E-state index in [0.717, 1.165) is 5.75 Å². The molecule has 9 heavy (non-hydrogen) atoms. The van der Waals surface area contributed by atoms with Crippen LogP contribution in [0.3, 0.4) is 0 Å². The first-order valence-electron chi connectivity index (χ1n) is 2.61. The minimum Gasteiger partial charge on any atom is -0.422 e. The summed E-state index contributed by atoms with van der Waals surface area (Å²) in [7, 11) is 0. The summed E-state index contributed by atoms with van der Waals surface area (Å²) < 4.78 is 0.651. The van der Waals surface area contributed by atoms with E-state index in [9.17, 15) is 0 Å². The van der Waals surface area contributed by atoms with Crippen LogP contribution in [-0.4, -0.2) is 9.28 Å². The second-order valence-corrected chi connectivity index (χ2v) is 4.15. The maximum atomic E-state index is 4.69. The molecule has 0 radical (unpaired) electrons. The zero-order chi connectivity index (χ0) is 6.41. The Labute approximate surface area is 115 Å². The number of hydrogen-bond acceptors (Lipinski definition) is 3. The van der Waals surface area contributed by atoms with Gasteiger partial charge in [-0.1, -0.05) is 16.9 Å². The van der Waals surface area contributed by atoms with Crippen molar-refractivity contribution in [1.29, 1.82) is 0 Å². The Kier molecular flexibility index (Phi) is 15.9. The summed E-state index contributed by atoms with van der Waals surface area (Å²) in [5, 5.41) is 0. The van der Waals surface area contributed by atoms with Gasteiger partial charge in [-0.15, -0.1) is 11.8 Å². The average Bonchev–Trinajstić information content (AvgIpc) is 1.66. The minimum absolute atomic E-state index is 0. The quantitative estimate of drug-likeness (QED) is 0.260. The van der Waals surface area contributed by atoms with E-state index in [1.54, 1.807) is 11.8 Å². The fraction of sp³-hybridized carbons (Fsp3) is 0.800. The van der Waals surface area contributed by atoms with E-state index in [2.05, 4.69) is 31.8 Å². The van der Waals surface area contributed by atoms with Gasteiger partial charge in [0.25, 0.3) is 0 Å². The smallest absolute Gasteiger partial charge is 0.422 e. The van der Waals surface area contributed by atoms with E-state index in [4.69, 9.17) is 0 Å². The molecule has 0 fully saturated rings. The van der Waals surface area contributed by atoms with Gasteiger partial charge in [-0.3, -0.25) is 0 Å². The van der Waals surface area contributed by atoms with Gasteiger partial charge in [-0.25, -0.2) is 0 Å². The molecule has 0 amide bonds. The standard InChI is InChI=1S/C5H10S3.K/c1-2-3-4-8-5(6)7;/h2-4H2,1H3,(H,6,7);/q;+1/p-1. The third-order valence-corrected chi connectivity index (χ3v) is 2.15. The van der Waals surface area contributed by atoms with Gasteiger partial charge < -0.3 is 24.8 Å². The predicted octanol–water partition coefficient (Wildman–Crippen LogP) is -0.644. The largest absolute Gasteiger partial charge is 1.00 e. The maximum Gasteiger partial charge on any atom is 1.00 e. The van der Waals surface area contributed by atoms with Gasteiger partial charge in [0.1, 0.15) is 0 Å². The SMILES string of the molecule is CCCCSC(=S)[S-].[K+]. The summed E-state index contributed by atoms with van der Waals surface area (Å²) in [5.74, 6) is 1.10. The summed E-state index contributed by atoms with van der Waals surface area (Å²) in [6.45, 7) is 2.16. The van der Waals surface area contributed by atoms with Gasteiger partial charge in [0.2, 0.25) is 0 Å². The molecule has 0 aromatic rings. The molecule has 0 N–H and O–H groups in total. The van der Waals surface area contributed by atoms with Crippen LogP contribution in [-0.2, 0) is 12.6 Å².